The van der Waals surface area contributed by atoms with Gasteiger partial charge in [0.05, 0.1) is 0 Å². The van der Waals surface area contributed by atoms with Crippen molar-refractivity contribution in [3.63, 3.8) is 0 Å². The van der Waals surface area contributed by atoms with Gasteiger partial charge in [0, 0.05) is 19.8 Å². The molecule has 0 saturated heterocycles. The van der Waals surface area contributed by atoms with E-state index >= 15 is 0 Å². The Hall–Kier alpha value is -0.860. The van der Waals surface area contributed by atoms with Crippen LogP contribution in [0, 0.1) is 5.92 Å². The first-order chi connectivity index (χ1) is 9.06. The van der Waals surface area contributed by atoms with Crippen molar-refractivity contribution in [1.82, 2.24) is 5.32 Å². The molecule has 19 heavy (non-hydrogen) atoms. The lowest BCUT2D eigenvalue weighted by molar-refractivity contribution is 0.150. The van der Waals surface area contributed by atoms with E-state index in [-0.39, 0.29) is 0 Å². The fourth-order valence-corrected chi connectivity index (χ4v) is 2.46. The normalized spacial score (nSPS) is 14.6. The molecule has 108 valence electrons. The van der Waals surface area contributed by atoms with Crippen molar-refractivity contribution >= 4 is 0 Å². The Labute approximate surface area is 118 Å². The van der Waals surface area contributed by atoms with Crippen molar-refractivity contribution in [2.75, 3.05) is 20.8 Å². The van der Waals surface area contributed by atoms with Crippen LogP contribution in [-0.2, 0) is 11.2 Å². The summed E-state index contributed by atoms with van der Waals surface area (Å²) in [6.45, 7) is 7.55. The van der Waals surface area contributed by atoms with Gasteiger partial charge >= 0.3 is 0 Å². The molecule has 2 heteroatoms. The van der Waals surface area contributed by atoms with E-state index in [4.69, 9.17) is 4.74 Å². The van der Waals surface area contributed by atoms with E-state index < -0.39 is 0 Å². The van der Waals surface area contributed by atoms with E-state index in [0.29, 0.717) is 17.9 Å². The average molecular weight is 263 g/mol. The van der Waals surface area contributed by atoms with Crippen LogP contribution in [0.4, 0.5) is 0 Å². The summed E-state index contributed by atoms with van der Waals surface area (Å²) < 4.78 is 5.21. The minimum Gasteiger partial charge on any atom is -0.384 e. The molecular formula is C17H29NO. The zero-order valence-electron chi connectivity index (χ0n) is 13.1. The summed E-state index contributed by atoms with van der Waals surface area (Å²) in [6, 6.07) is 9.56. The fourth-order valence-electron chi connectivity index (χ4n) is 2.46. The third-order valence-corrected chi connectivity index (χ3v) is 3.67. The molecule has 0 amide bonds. The first kappa shape index (κ1) is 16.2. The van der Waals surface area contributed by atoms with Gasteiger partial charge in [0.1, 0.15) is 0 Å². The van der Waals surface area contributed by atoms with Gasteiger partial charge in [0.2, 0.25) is 0 Å². The zero-order valence-corrected chi connectivity index (χ0v) is 13.1. The molecule has 0 aliphatic carbocycles. The number of methoxy groups -OCH3 is 1. The van der Waals surface area contributed by atoms with Gasteiger partial charge in [0.15, 0.2) is 0 Å². The van der Waals surface area contributed by atoms with Crippen LogP contribution in [0.25, 0.3) is 0 Å². The van der Waals surface area contributed by atoms with Crippen molar-refractivity contribution in [3.8, 4) is 0 Å². The number of rotatable bonds is 8. The Kier molecular flexibility index (Phi) is 7.11. The minimum absolute atomic E-state index is 0.523. The predicted octanol–water partition coefficient (Wildman–Crippen LogP) is 3.61. The van der Waals surface area contributed by atoms with Crippen molar-refractivity contribution in [2.24, 2.45) is 5.92 Å². The van der Waals surface area contributed by atoms with Crippen LogP contribution in [0.5, 0.6) is 0 Å². The van der Waals surface area contributed by atoms with Crippen LogP contribution < -0.4 is 5.32 Å². The number of hydrogen-bond acceptors (Lipinski definition) is 2. The number of benzene rings is 1. The maximum Gasteiger partial charge on any atom is 0.0488 e. The van der Waals surface area contributed by atoms with Gasteiger partial charge in [-0.15, -0.1) is 0 Å². The number of likely N-dealkylation sites (N-methyl/N-ethyl adjacent to an activating group) is 1. The van der Waals surface area contributed by atoms with Gasteiger partial charge in [-0.1, -0.05) is 45.0 Å². The number of hydrogen-bond donors (Lipinski definition) is 1. The Morgan fingerprint density at radius 1 is 1.11 bits per heavy atom. The van der Waals surface area contributed by atoms with Gasteiger partial charge < -0.3 is 10.1 Å². The summed E-state index contributed by atoms with van der Waals surface area (Å²) in [5.41, 5.74) is 2.82. The molecule has 1 N–H and O–H groups in total. The highest BCUT2D eigenvalue weighted by Gasteiger charge is 2.12. The molecule has 1 aromatic carbocycles. The molecule has 2 nitrogen and oxygen atoms in total. The quantitative estimate of drug-likeness (QED) is 0.773. The second-order valence-electron chi connectivity index (χ2n) is 5.88. The monoisotopic (exact) mass is 263 g/mol. The van der Waals surface area contributed by atoms with Crippen LogP contribution in [0.3, 0.4) is 0 Å². The Bertz CT molecular complexity index is 345. The molecule has 0 saturated carbocycles. The second-order valence-corrected chi connectivity index (χ2v) is 5.88. The van der Waals surface area contributed by atoms with Gasteiger partial charge in [-0.3, -0.25) is 0 Å². The Morgan fingerprint density at radius 2 is 1.74 bits per heavy atom. The molecule has 0 spiro atoms. The lowest BCUT2D eigenvalue weighted by Crippen LogP contribution is -2.30. The smallest absolute Gasteiger partial charge is 0.0488 e. The van der Waals surface area contributed by atoms with Gasteiger partial charge in [-0.2, -0.15) is 0 Å². The van der Waals surface area contributed by atoms with Crippen LogP contribution in [0.2, 0.25) is 0 Å². The molecule has 0 aromatic heterocycles. The first-order valence-corrected chi connectivity index (χ1v) is 7.31. The molecule has 0 aliphatic heterocycles. The summed E-state index contributed by atoms with van der Waals surface area (Å²) in [6.07, 6.45) is 2.24. The van der Waals surface area contributed by atoms with Crippen LogP contribution in [0.1, 0.15) is 44.2 Å². The molecule has 2 unspecified atom stereocenters. The van der Waals surface area contributed by atoms with Crippen LogP contribution in [0.15, 0.2) is 24.3 Å². The highest BCUT2D eigenvalue weighted by atomic mass is 16.5. The fraction of sp³-hybridized carbons (Fsp3) is 0.647. The van der Waals surface area contributed by atoms with Crippen LogP contribution in [-0.4, -0.2) is 26.8 Å². The van der Waals surface area contributed by atoms with E-state index in [1.807, 2.05) is 7.05 Å². The molecule has 1 aromatic rings. The van der Waals surface area contributed by atoms with Crippen molar-refractivity contribution in [1.29, 1.82) is 0 Å². The number of ether oxygens (including phenoxy) is 1. The molecule has 1 rings (SSSR count). The number of nitrogens with one attached hydrogen (secondary N) is 1. The average Bonchev–Trinajstić information content (AvgIpc) is 2.38. The molecule has 0 radical (unpaired) electrons. The first-order valence-electron chi connectivity index (χ1n) is 7.31. The SMILES string of the molecule is CNC(Cc1ccc(C(C)C)cc1)CC(C)COC. The summed E-state index contributed by atoms with van der Waals surface area (Å²) in [4.78, 5) is 0. The Balaban J connectivity index is 2.55. The largest absolute Gasteiger partial charge is 0.384 e. The summed E-state index contributed by atoms with van der Waals surface area (Å²) in [7, 11) is 3.82. The molecular weight excluding hydrogens is 234 g/mol. The standard InChI is InChI=1S/C17H29NO/c1-13(2)16-8-6-15(7-9-16)11-17(18-4)10-14(3)12-19-5/h6-9,13-14,17-18H,10-12H2,1-5H3. The maximum atomic E-state index is 5.21. The highest BCUT2D eigenvalue weighted by molar-refractivity contribution is 5.25. The molecule has 0 fully saturated rings. The zero-order chi connectivity index (χ0) is 14.3. The Morgan fingerprint density at radius 3 is 2.21 bits per heavy atom. The lowest BCUT2D eigenvalue weighted by atomic mass is 9.95. The highest BCUT2D eigenvalue weighted by Crippen LogP contribution is 2.17. The predicted molar refractivity (Wildman–Crippen MR) is 82.7 cm³/mol. The minimum atomic E-state index is 0.523. The molecule has 0 bridgehead atoms. The molecule has 0 aliphatic rings. The van der Waals surface area contributed by atoms with E-state index in [2.05, 4.69) is 50.4 Å². The van der Waals surface area contributed by atoms with Gasteiger partial charge in [-0.25, -0.2) is 0 Å². The van der Waals surface area contributed by atoms with Crippen molar-refractivity contribution in [3.05, 3.63) is 35.4 Å². The third kappa shape index (κ3) is 5.75. The maximum absolute atomic E-state index is 5.21. The van der Waals surface area contributed by atoms with Gasteiger partial charge in [-0.05, 0) is 42.9 Å². The van der Waals surface area contributed by atoms with E-state index in [9.17, 15) is 0 Å². The summed E-state index contributed by atoms with van der Waals surface area (Å²) >= 11 is 0. The summed E-state index contributed by atoms with van der Waals surface area (Å²) in [5.74, 6) is 1.20. The molecule has 0 heterocycles. The van der Waals surface area contributed by atoms with Crippen molar-refractivity contribution in [2.45, 2.75) is 45.6 Å². The third-order valence-electron chi connectivity index (χ3n) is 3.67. The van der Waals surface area contributed by atoms with Crippen molar-refractivity contribution < 1.29 is 4.74 Å². The second kappa shape index (κ2) is 8.34. The topological polar surface area (TPSA) is 21.3 Å². The van der Waals surface area contributed by atoms with E-state index in [1.165, 1.54) is 11.1 Å². The molecule has 2 atom stereocenters. The summed E-state index contributed by atoms with van der Waals surface area (Å²) in [5, 5.41) is 3.42. The van der Waals surface area contributed by atoms with Gasteiger partial charge in [0.25, 0.3) is 0 Å². The van der Waals surface area contributed by atoms with E-state index in [1.54, 1.807) is 7.11 Å². The van der Waals surface area contributed by atoms with Crippen LogP contribution >= 0.6 is 0 Å². The van der Waals surface area contributed by atoms with E-state index in [0.717, 1.165) is 19.4 Å². The lowest BCUT2D eigenvalue weighted by Gasteiger charge is -2.20.